The van der Waals surface area contributed by atoms with Gasteiger partial charge in [0.1, 0.15) is 0 Å². The Hall–Kier alpha value is -1.72. The summed E-state index contributed by atoms with van der Waals surface area (Å²) in [6, 6.07) is 3.45. The van der Waals surface area contributed by atoms with Crippen molar-refractivity contribution in [2.45, 2.75) is 38.9 Å². The van der Waals surface area contributed by atoms with Gasteiger partial charge in [0.15, 0.2) is 0 Å². The Morgan fingerprint density at radius 2 is 2.00 bits per heavy atom. The Bertz CT molecular complexity index is 536. The molecule has 0 aliphatic heterocycles. The van der Waals surface area contributed by atoms with Crippen LogP contribution in [0.25, 0.3) is 0 Å². The fourth-order valence-electron chi connectivity index (χ4n) is 2.33. The molecule has 116 valence electrons. The van der Waals surface area contributed by atoms with Crippen LogP contribution in [0.1, 0.15) is 42.6 Å². The van der Waals surface area contributed by atoms with Crippen LogP contribution in [-0.4, -0.2) is 23.7 Å². The molecule has 6 heteroatoms. The van der Waals surface area contributed by atoms with Crippen LogP contribution in [-0.2, 0) is 6.18 Å². The smallest absolute Gasteiger partial charge is 0.417 e. The lowest BCUT2D eigenvalue weighted by Crippen LogP contribution is -2.33. The molecule has 1 aromatic carbocycles. The number of carboxylic acids is 1. The highest BCUT2D eigenvalue weighted by atomic mass is 19.4. The molecule has 0 atom stereocenters. The van der Waals surface area contributed by atoms with Crippen LogP contribution in [0.4, 0.5) is 18.9 Å². The molecule has 1 aliphatic rings. The van der Waals surface area contributed by atoms with E-state index in [4.69, 9.17) is 5.11 Å². The van der Waals surface area contributed by atoms with E-state index < -0.39 is 23.3 Å². The largest absolute Gasteiger partial charge is 0.478 e. The third-order valence-electron chi connectivity index (χ3n) is 3.65. The standard InChI is InChI=1S/C15H18F3NO2/c1-9(2)19(8-10-3-4-10)11-5-6-13(15(16,17)18)12(7-11)14(20)21/h5-7,9-10H,3-4,8H2,1-2H3,(H,20,21). The monoisotopic (exact) mass is 301 g/mol. The zero-order valence-electron chi connectivity index (χ0n) is 11.9. The summed E-state index contributed by atoms with van der Waals surface area (Å²) in [5.41, 5.74) is -1.27. The minimum Gasteiger partial charge on any atom is -0.478 e. The first kappa shape index (κ1) is 15.7. The number of aromatic carboxylic acids is 1. The second-order valence-electron chi connectivity index (χ2n) is 5.72. The van der Waals surface area contributed by atoms with Gasteiger partial charge in [-0.15, -0.1) is 0 Å². The maximum atomic E-state index is 12.8. The molecule has 0 unspecified atom stereocenters. The average molecular weight is 301 g/mol. The summed E-state index contributed by atoms with van der Waals surface area (Å²) in [6.07, 6.45) is -2.42. The molecule has 0 spiro atoms. The SMILES string of the molecule is CC(C)N(CC1CC1)c1ccc(C(F)(F)F)c(C(=O)O)c1. The Labute approximate surface area is 121 Å². The molecule has 21 heavy (non-hydrogen) atoms. The maximum absolute atomic E-state index is 12.8. The van der Waals surface area contributed by atoms with Gasteiger partial charge >= 0.3 is 12.1 Å². The molecule has 1 saturated carbocycles. The van der Waals surface area contributed by atoms with Crippen molar-refractivity contribution >= 4 is 11.7 Å². The Balaban J connectivity index is 2.40. The minimum atomic E-state index is -4.66. The van der Waals surface area contributed by atoms with E-state index >= 15 is 0 Å². The highest BCUT2D eigenvalue weighted by molar-refractivity contribution is 5.91. The molecule has 1 N–H and O–H groups in total. The topological polar surface area (TPSA) is 40.5 Å². The summed E-state index contributed by atoms with van der Waals surface area (Å²) in [4.78, 5) is 13.1. The van der Waals surface area contributed by atoms with Crippen LogP contribution < -0.4 is 4.90 Å². The third kappa shape index (κ3) is 3.68. The summed E-state index contributed by atoms with van der Waals surface area (Å²) < 4.78 is 38.5. The number of hydrogen-bond donors (Lipinski definition) is 1. The van der Waals surface area contributed by atoms with E-state index in [1.165, 1.54) is 6.07 Å². The van der Waals surface area contributed by atoms with Crippen molar-refractivity contribution in [3.05, 3.63) is 29.3 Å². The van der Waals surface area contributed by atoms with Crippen molar-refractivity contribution in [1.29, 1.82) is 0 Å². The number of benzene rings is 1. The van der Waals surface area contributed by atoms with Crippen LogP contribution in [0.3, 0.4) is 0 Å². The van der Waals surface area contributed by atoms with Crippen molar-refractivity contribution in [2.75, 3.05) is 11.4 Å². The number of halogens is 3. The summed E-state index contributed by atoms with van der Waals surface area (Å²) in [5.74, 6) is -0.998. The number of hydrogen-bond acceptors (Lipinski definition) is 2. The van der Waals surface area contributed by atoms with Gasteiger partial charge in [0, 0.05) is 18.3 Å². The van der Waals surface area contributed by atoms with Gasteiger partial charge in [-0.25, -0.2) is 4.79 Å². The zero-order chi connectivity index (χ0) is 15.8. The van der Waals surface area contributed by atoms with Gasteiger partial charge < -0.3 is 10.0 Å². The van der Waals surface area contributed by atoms with E-state index in [1.54, 1.807) is 0 Å². The van der Waals surface area contributed by atoms with Crippen molar-refractivity contribution in [1.82, 2.24) is 0 Å². The molecule has 1 aromatic rings. The summed E-state index contributed by atoms with van der Waals surface area (Å²) >= 11 is 0. The summed E-state index contributed by atoms with van der Waals surface area (Å²) in [5, 5.41) is 9.05. The molecule has 2 rings (SSSR count). The lowest BCUT2D eigenvalue weighted by atomic mass is 10.0. The number of carboxylic acid groups (broad SMARTS) is 1. The van der Waals surface area contributed by atoms with Crippen LogP contribution >= 0.6 is 0 Å². The highest BCUT2D eigenvalue weighted by Crippen LogP contribution is 2.36. The maximum Gasteiger partial charge on any atom is 0.417 e. The van der Waals surface area contributed by atoms with Crippen molar-refractivity contribution in [3.8, 4) is 0 Å². The van der Waals surface area contributed by atoms with Gasteiger partial charge in [-0.3, -0.25) is 0 Å². The fourth-order valence-corrected chi connectivity index (χ4v) is 2.33. The summed E-state index contributed by atoms with van der Waals surface area (Å²) in [7, 11) is 0. The van der Waals surface area contributed by atoms with Gasteiger partial charge in [0.25, 0.3) is 0 Å². The quantitative estimate of drug-likeness (QED) is 0.892. The van der Waals surface area contributed by atoms with Gasteiger partial charge in [-0.1, -0.05) is 0 Å². The first-order chi connectivity index (χ1) is 9.70. The van der Waals surface area contributed by atoms with E-state index in [9.17, 15) is 18.0 Å². The number of nitrogens with zero attached hydrogens (tertiary/aromatic N) is 1. The number of rotatable bonds is 5. The van der Waals surface area contributed by atoms with Gasteiger partial charge in [0.2, 0.25) is 0 Å². The van der Waals surface area contributed by atoms with E-state index in [2.05, 4.69) is 0 Å². The fraction of sp³-hybridized carbons (Fsp3) is 0.533. The molecule has 0 saturated heterocycles. The third-order valence-corrected chi connectivity index (χ3v) is 3.65. The highest BCUT2D eigenvalue weighted by Gasteiger charge is 2.36. The molecule has 1 fully saturated rings. The Morgan fingerprint density at radius 1 is 1.38 bits per heavy atom. The minimum absolute atomic E-state index is 0.101. The summed E-state index contributed by atoms with van der Waals surface area (Å²) in [6.45, 7) is 4.64. The molecular weight excluding hydrogens is 283 g/mol. The van der Waals surface area contributed by atoms with E-state index in [0.717, 1.165) is 31.5 Å². The first-order valence-corrected chi connectivity index (χ1v) is 6.91. The lowest BCUT2D eigenvalue weighted by molar-refractivity contribution is -0.138. The van der Waals surface area contributed by atoms with E-state index in [-0.39, 0.29) is 6.04 Å². The predicted octanol–water partition coefficient (Wildman–Crippen LogP) is 4.03. The van der Waals surface area contributed by atoms with Crippen molar-refractivity contribution < 1.29 is 23.1 Å². The molecule has 0 radical (unpaired) electrons. The molecule has 0 bridgehead atoms. The second kappa shape index (κ2) is 5.58. The van der Waals surface area contributed by atoms with Crippen molar-refractivity contribution in [3.63, 3.8) is 0 Å². The number of carbonyl (C=O) groups is 1. The molecule has 0 aromatic heterocycles. The lowest BCUT2D eigenvalue weighted by Gasteiger charge is -2.30. The number of anilines is 1. The second-order valence-corrected chi connectivity index (χ2v) is 5.72. The predicted molar refractivity (Wildman–Crippen MR) is 73.6 cm³/mol. The molecule has 3 nitrogen and oxygen atoms in total. The van der Waals surface area contributed by atoms with Crippen LogP contribution in [0.5, 0.6) is 0 Å². The molecular formula is C15H18F3NO2. The van der Waals surface area contributed by atoms with E-state index in [0.29, 0.717) is 11.6 Å². The Kier molecular flexibility index (Phi) is 4.16. The first-order valence-electron chi connectivity index (χ1n) is 6.91. The van der Waals surface area contributed by atoms with Gasteiger partial charge in [0.05, 0.1) is 11.1 Å². The van der Waals surface area contributed by atoms with Gasteiger partial charge in [-0.05, 0) is 50.8 Å². The normalized spacial score (nSPS) is 15.3. The van der Waals surface area contributed by atoms with Gasteiger partial charge in [-0.2, -0.15) is 13.2 Å². The number of alkyl halides is 3. The zero-order valence-corrected chi connectivity index (χ0v) is 11.9. The van der Waals surface area contributed by atoms with Crippen molar-refractivity contribution in [2.24, 2.45) is 5.92 Å². The van der Waals surface area contributed by atoms with E-state index in [1.807, 2.05) is 18.7 Å². The Morgan fingerprint density at radius 3 is 2.43 bits per heavy atom. The van der Waals surface area contributed by atoms with Crippen LogP contribution in [0.2, 0.25) is 0 Å². The average Bonchev–Trinajstić information content (AvgIpc) is 3.17. The molecule has 0 amide bonds. The molecule has 1 aliphatic carbocycles. The molecule has 0 heterocycles. The van der Waals surface area contributed by atoms with Crippen LogP contribution in [0.15, 0.2) is 18.2 Å². The van der Waals surface area contributed by atoms with Crippen LogP contribution in [0, 0.1) is 5.92 Å².